The molecule has 0 bridgehead atoms. The summed E-state index contributed by atoms with van der Waals surface area (Å²) in [6, 6.07) is 7.95. The van der Waals surface area contributed by atoms with Gasteiger partial charge in [0.2, 0.25) is 0 Å². The van der Waals surface area contributed by atoms with E-state index < -0.39 is 6.09 Å². The molecular formula is C20H28N2O3S2. The van der Waals surface area contributed by atoms with Crippen molar-refractivity contribution in [3.8, 4) is 0 Å². The number of hydrogen-bond donors (Lipinski definition) is 1. The lowest BCUT2D eigenvalue weighted by atomic mass is 9.82. The summed E-state index contributed by atoms with van der Waals surface area (Å²) in [4.78, 5) is 27.9. The molecule has 2 N–H and O–H groups in total. The van der Waals surface area contributed by atoms with Crippen molar-refractivity contribution in [1.82, 2.24) is 4.90 Å². The fraction of sp³-hybridized carbons (Fsp3) is 0.500. The van der Waals surface area contributed by atoms with Crippen molar-refractivity contribution in [3.63, 3.8) is 0 Å². The first kappa shape index (κ1) is 21.4. The largest absolute Gasteiger partial charge is 0.450 e. The molecule has 0 saturated carbocycles. The third-order valence-electron chi connectivity index (χ3n) is 4.39. The average molecular weight is 409 g/mol. The number of carbonyl (C=O) groups excluding carboxylic acids is 2. The molecule has 2 aromatic rings. The van der Waals surface area contributed by atoms with Gasteiger partial charge in [-0.25, -0.2) is 4.79 Å². The molecule has 0 fully saturated rings. The number of unbranched alkanes of at least 4 members (excludes halogenated alkanes) is 1. The van der Waals surface area contributed by atoms with Gasteiger partial charge in [-0.2, -0.15) is 0 Å². The summed E-state index contributed by atoms with van der Waals surface area (Å²) in [5, 5.41) is 3.97. The molecule has 0 saturated heterocycles. The zero-order valence-electron chi connectivity index (χ0n) is 16.1. The Morgan fingerprint density at radius 1 is 1.15 bits per heavy atom. The van der Waals surface area contributed by atoms with Crippen molar-refractivity contribution in [2.24, 2.45) is 11.1 Å². The van der Waals surface area contributed by atoms with E-state index in [0.29, 0.717) is 13.2 Å². The van der Waals surface area contributed by atoms with Gasteiger partial charge in [0.25, 0.3) is 5.91 Å². The van der Waals surface area contributed by atoms with Crippen molar-refractivity contribution in [1.29, 1.82) is 0 Å². The predicted octanol–water partition coefficient (Wildman–Crippen LogP) is 5.13. The number of nitrogens with two attached hydrogens (primary N) is 1. The molecule has 0 aliphatic rings. The fourth-order valence-corrected chi connectivity index (χ4v) is 4.49. The summed E-state index contributed by atoms with van der Waals surface area (Å²) in [7, 11) is 0. The predicted molar refractivity (Wildman–Crippen MR) is 111 cm³/mol. The number of primary amides is 1. The molecule has 0 aliphatic heterocycles. The second kappa shape index (κ2) is 9.90. The lowest BCUT2D eigenvalue weighted by molar-refractivity contribution is 0.0466. The quantitative estimate of drug-likeness (QED) is 0.584. The number of ether oxygens (including phenoxy) is 1. The SMILES string of the molecule is CC(C)(C)C(CCCCOC(N)=O)N(Cc1cccs1)C(=O)c1cccs1. The van der Waals surface area contributed by atoms with Gasteiger partial charge in [-0.1, -0.05) is 32.9 Å². The van der Waals surface area contributed by atoms with E-state index >= 15 is 0 Å². The number of nitrogens with zero attached hydrogens (tertiary/aromatic N) is 1. The van der Waals surface area contributed by atoms with Crippen LogP contribution in [0.25, 0.3) is 0 Å². The second-order valence-electron chi connectivity index (χ2n) is 7.53. The number of amides is 2. The van der Waals surface area contributed by atoms with Crippen LogP contribution in [0.15, 0.2) is 35.0 Å². The molecule has 0 radical (unpaired) electrons. The second-order valence-corrected chi connectivity index (χ2v) is 9.51. The Kier molecular flexibility index (Phi) is 7.86. The van der Waals surface area contributed by atoms with Gasteiger partial charge in [-0.05, 0) is 47.6 Å². The molecule has 5 nitrogen and oxygen atoms in total. The molecule has 0 aromatic carbocycles. The standard InChI is InChI=1S/C20H28N2O3S2/c1-20(2,3)17(10-4-5-11-25-19(21)24)22(14-15-8-6-12-26-15)18(23)16-9-7-13-27-16/h6-9,12-13,17H,4-5,10-11,14H2,1-3H3,(H2,21,24). The number of thiophene rings is 2. The monoisotopic (exact) mass is 408 g/mol. The smallest absolute Gasteiger partial charge is 0.404 e. The van der Waals surface area contributed by atoms with E-state index in [4.69, 9.17) is 10.5 Å². The Balaban J connectivity index is 2.15. The number of rotatable bonds is 9. The average Bonchev–Trinajstić information content (AvgIpc) is 3.27. The van der Waals surface area contributed by atoms with E-state index in [1.807, 2.05) is 33.9 Å². The van der Waals surface area contributed by atoms with Crippen LogP contribution in [0.3, 0.4) is 0 Å². The summed E-state index contributed by atoms with van der Waals surface area (Å²) in [6.45, 7) is 7.42. The Morgan fingerprint density at radius 2 is 1.85 bits per heavy atom. The topological polar surface area (TPSA) is 72.6 Å². The molecule has 2 aromatic heterocycles. The van der Waals surface area contributed by atoms with Crippen molar-refractivity contribution >= 4 is 34.7 Å². The van der Waals surface area contributed by atoms with E-state index in [9.17, 15) is 9.59 Å². The molecule has 2 rings (SSSR count). The fourth-order valence-electron chi connectivity index (χ4n) is 3.10. The highest BCUT2D eigenvalue weighted by Crippen LogP contribution is 2.32. The molecule has 0 aliphatic carbocycles. The maximum Gasteiger partial charge on any atom is 0.404 e. The first-order chi connectivity index (χ1) is 12.8. The molecule has 1 unspecified atom stereocenters. The molecular weight excluding hydrogens is 380 g/mol. The van der Waals surface area contributed by atoms with Crippen LogP contribution < -0.4 is 5.73 Å². The summed E-state index contributed by atoms with van der Waals surface area (Å²) >= 11 is 3.14. The summed E-state index contributed by atoms with van der Waals surface area (Å²) < 4.78 is 4.82. The van der Waals surface area contributed by atoms with Crippen LogP contribution in [0.5, 0.6) is 0 Å². The van der Waals surface area contributed by atoms with Gasteiger partial charge >= 0.3 is 6.09 Å². The van der Waals surface area contributed by atoms with Crippen molar-refractivity contribution in [2.75, 3.05) is 6.61 Å². The Hall–Kier alpha value is -1.86. The molecule has 0 spiro atoms. The van der Waals surface area contributed by atoms with E-state index in [-0.39, 0.29) is 17.4 Å². The molecule has 148 valence electrons. The van der Waals surface area contributed by atoms with Crippen LogP contribution in [-0.4, -0.2) is 29.5 Å². The van der Waals surface area contributed by atoms with Crippen LogP contribution >= 0.6 is 22.7 Å². The van der Waals surface area contributed by atoms with Crippen molar-refractivity contribution < 1.29 is 14.3 Å². The van der Waals surface area contributed by atoms with Gasteiger partial charge in [0, 0.05) is 10.9 Å². The van der Waals surface area contributed by atoms with Gasteiger partial charge in [-0.15, -0.1) is 22.7 Å². The third kappa shape index (κ3) is 6.66. The Morgan fingerprint density at radius 3 is 2.41 bits per heavy atom. The van der Waals surface area contributed by atoms with Gasteiger partial charge < -0.3 is 15.4 Å². The highest BCUT2D eigenvalue weighted by atomic mass is 32.1. The molecule has 1 atom stereocenters. The molecule has 2 amide bonds. The van der Waals surface area contributed by atoms with E-state index in [0.717, 1.165) is 24.1 Å². The summed E-state index contributed by atoms with van der Waals surface area (Å²) in [6.07, 6.45) is 1.69. The van der Waals surface area contributed by atoms with E-state index in [2.05, 4.69) is 26.8 Å². The Bertz CT molecular complexity index is 706. The van der Waals surface area contributed by atoms with E-state index in [1.54, 1.807) is 11.3 Å². The first-order valence-corrected chi connectivity index (χ1v) is 10.8. The van der Waals surface area contributed by atoms with Crippen molar-refractivity contribution in [3.05, 3.63) is 44.8 Å². The molecule has 2 heterocycles. The number of hydrogen-bond acceptors (Lipinski definition) is 5. The van der Waals surface area contributed by atoms with Gasteiger partial charge in [0.05, 0.1) is 18.0 Å². The van der Waals surface area contributed by atoms with Crippen LogP contribution in [0, 0.1) is 5.41 Å². The zero-order valence-corrected chi connectivity index (χ0v) is 17.8. The van der Waals surface area contributed by atoms with Crippen molar-refractivity contribution in [2.45, 2.75) is 52.6 Å². The molecule has 7 heteroatoms. The van der Waals surface area contributed by atoms with Crippen LogP contribution in [0.1, 0.15) is 54.6 Å². The first-order valence-electron chi connectivity index (χ1n) is 9.08. The van der Waals surface area contributed by atoms with E-state index in [1.165, 1.54) is 16.2 Å². The minimum atomic E-state index is -0.741. The normalized spacial score (nSPS) is 12.6. The zero-order chi connectivity index (χ0) is 19.9. The summed E-state index contributed by atoms with van der Waals surface area (Å²) in [5.74, 6) is 0.0757. The third-order valence-corrected chi connectivity index (χ3v) is 6.11. The van der Waals surface area contributed by atoms with Crippen LogP contribution in [0.4, 0.5) is 4.79 Å². The minimum Gasteiger partial charge on any atom is -0.450 e. The highest BCUT2D eigenvalue weighted by molar-refractivity contribution is 7.12. The lowest BCUT2D eigenvalue weighted by Crippen LogP contribution is -2.46. The van der Waals surface area contributed by atoms with Gasteiger partial charge in [0.15, 0.2) is 0 Å². The van der Waals surface area contributed by atoms with Crippen LogP contribution in [-0.2, 0) is 11.3 Å². The highest BCUT2D eigenvalue weighted by Gasteiger charge is 2.34. The molecule has 27 heavy (non-hydrogen) atoms. The van der Waals surface area contributed by atoms with Gasteiger partial charge in [-0.3, -0.25) is 4.79 Å². The van der Waals surface area contributed by atoms with Crippen LogP contribution in [0.2, 0.25) is 0 Å². The van der Waals surface area contributed by atoms with Gasteiger partial charge in [0.1, 0.15) is 0 Å². The maximum atomic E-state index is 13.3. The summed E-state index contributed by atoms with van der Waals surface area (Å²) in [5.41, 5.74) is 4.94. The lowest BCUT2D eigenvalue weighted by Gasteiger charge is -2.40. The maximum absolute atomic E-state index is 13.3. The number of carbonyl (C=O) groups is 2. The Labute approximate surface area is 169 Å². The minimum absolute atomic E-state index is 0.0720.